The van der Waals surface area contributed by atoms with E-state index in [0.29, 0.717) is 24.2 Å². The molecule has 0 aliphatic carbocycles. The second-order valence-corrected chi connectivity index (χ2v) is 8.43. The molecule has 0 aromatic carbocycles. The lowest BCUT2D eigenvalue weighted by atomic mass is 9.86. The van der Waals surface area contributed by atoms with Crippen molar-refractivity contribution in [3.05, 3.63) is 51.7 Å². The standard InChI is InChI=1S/C22H29N3O2/c1-8-14-18(22(6,7)27-9-2)25-13-16(21(3,4)5)17-15(11-10-12-23-17)19(25)24-20(14)26/h10-13H,8-9H2,1-7H3. The summed E-state index contributed by atoms with van der Waals surface area (Å²) in [5.74, 6) is 0. The highest BCUT2D eigenvalue weighted by atomic mass is 16.5. The fourth-order valence-electron chi connectivity index (χ4n) is 3.83. The number of ether oxygens (including phenoxy) is 1. The highest BCUT2D eigenvalue weighted by Gasteiger charge is 2.30. The fourth-order valence-corrected chi connectivity index (χ4v) is 3.83. The van der Waals surface area contributed by atoms with E-state index < -0.39 is 5.60 Å². The van der Waals surface area contributed by atoms with Crippen molar-refractivity contribution in [1.29, 1.82) is 0 Å². The van der Waals surface area contributed by atoms with E-state index in [2.05, 4.69) is 41.3 Å². The molecule has 0 N–H and O–H groups in total. The second kappa shape index (κ2) is 6.71. The van der Waals surface area contributed by atoms with Crippen molar-refractivity contribution in [2.24, 2.45) is 0 Å². The molecule has 0 atom stereocenters. The van der Waals surface area contributed by atoms with Crippen LogP contribution in [0.5, 0.6) is 0 Å². The lowest BCUT2D eigenvalue weighted by Crippen LogP contribution is -2.32. The largest absolute Gasteiger partial charge is 0.370 e. The number of pyridine rings is 2. The predicted molar refractivity (Wildman–Crippen MR) is 109 cm³/mol. The molecule has 144 valence electrons. The zero-order valence-corrected chi connectivity index (χ0v) is 17.4. The van der Waals surface area contributed by atoms with Crippen LogP contribution < -0.4 is 5.56 Å². The highest BCUT2D eigenvalue weighted by Crippen LogP contribution is 2.34. The van der Waals surface area contributed by atoms with E-state index >= 15 is 0 Å². The Morgan fingerprint density at radius 2 is 1.85 bits per heavy atom. The Balaban J connectivity index is 2.60. The Hall–Kier alpha value is -2.27. The third-order valence-electron chi connectivity index (χ3n) is 5.02. The molecular formula is C22H29N3O2. The molecule has 0 aliphatic rings. The van der Waals surface area contributed by atoms with E-state index in [9.17, 15) is 4.79 Å². The van der Waals surface area contributed by atoms with Crippen LogP contribution in [0.25, 0.3) is 16.6 Å². The zero-order valence-electron chi connectivity index (χ0n) is 17.4. The van der Waals surface area contributed by atoms with Crippen molar-refractivity contribution in [3.8, 4) is 0 Å². The number of nitrogens with zero attached hydrogens (tertiary/aromatic N) is 3. The van der Waals surface area contributed by atoms with E-state index in [1.54, 1.807) is 6.20 Å². The molecule has 3 aromatic heterocycles. The number of hydrogen-bond donors (Lipinski definition) is 0. The highest BCUT2D eigenvalue weighted by molar-refractivity contribution is 5.93. The van der Waals surface area contributed by atoms with Gasteiger partial charge in [-0.05, 0) is 44.7 Å². The topological polar surface area (TPSA) is 56.5 Å². The molecule has 3 aromatic rings. The molecule has 0 radical (unpaired) electrons. The molecule has 0 bridgehead atoms. The summed E-state index contributed by atoms with van der Waals surface area (Å²) in [5.41, 5.74) is 3.31. The zero-order chi connectivity index (χ0) is 20.0. The maximum absolute atomic E-state index is 12.9. The van der Waals surface area contributed by atoms with Crippen molar-refractivity contribution in [3.63, 3.8) is 0 Å². The summed E-state index contributed by atoms with van der Waals surface area (Å²) >= 11 is 0. The summed E-state index contributed by atoms with van der Waals surface area (Å²) in [5, 5.41) is 0.887. The van der Waals surface area contributed by atoms with Crippen molar-refractivity contribution in [2.75, 3.05) is 6.61 Å². The van der Waals surface area contributed by atoms with Gasteiger partial charge in [0.2, 0.25) is 0 Å². The van der Waals surface area contributed by atoms with Gasteiger partial charge in [0.15, 0.2) is 5.65 Å². The van der Waals surface area contributed by atoms with Crippen molar-refractivity contribution >= 4 is 16.6 Å². The SMILES string of the molecule is CCOC(C)(C)c1c(CC)c(=O)nc2c3cccnc3c(C(C)(C)C)cn12. The van der Waals surface area contributed by atoms with E-state index in [4.69, 9.17) is 4.74 Å². The van der Waals surface area contributed by atoms with Gasteiger partial charge in [-0.15, -0.1) is 0 Å². The Bertz CT molecular complexity index is 1060. The first-order valence-corrected chi connectivity index (χ1v) is 9.59. The summed E-state index contributed by atoms with van der Waals surface area (Å²) in [4.78, 5) is 21.9. The smallest absolute Gasteiger partial charge is 0.276 e. The quantitative estimate of drug-likeness (QED) is 0.642. The van der Waals surface area contributed by atoms with E-state index in [0.717, 1.165) is 22.2 Å². The molecule has 0 saturated heterocycles. The molecular weight excluding hydrogens is 338 g/mol. The van der Waals surface area contributed by atoms with Crippen LogP contribution in [0.1, 0.15) is 65.3 Å². The van der Waals surface area contributed by atoms with Gasteiger partial charge >= 0.3 is 0 Å². The molecule has 5 heteroatoms. The molecule has 0 saturated carbocycles. The number of fused-ring (bicyclic) bond motifs is 3. The third-order valence-corrected chi connectivity index (χ3v) is 5.02. The van der Waals surface area contributed by atoms with Gasteiger partial charge in [0.1, 0.15) is 5.60 Å². The van der Waals surface area contributed by atoms with Gasteiger partial charge in [-0.1, -0.05) is 27.7 Å². The first kappa shape index (κ1) is 19.5. The minimum atomic E-state index is -0.615. The summed E-state index contributed by atoms with van der Waals surface area (Å²) in [7, 11) is 0. The van der Waals surface area contributed by atoms with E-state index in [1.165, 1.54) is 0 Å². The minimum Gasteiger partial charge on any atom is -0.370 e. The lowest BCUT2D eigenvalue weighted by molar-refractivity contribution is -0.0189. The Morgan fingerprint density at radius 1 is 1.15 bits per heavy atom. The van der Waals surface area contributed by atoms with Gasteiger partial charge in [0, 0.05) is 35.5 Å². The molecule has 0 aliphatic heterocycles. The van der Waals surface area contributed by atoms with Crippen LogP contribution in [-0.2, 0) is 22.2 Å². The first-order valence-electron chi connectivity index (χ1n) is 9.59. The normalized spacial score (nSPS) is 12.9. The van der Waals surface area contributed by atoms with Crippen LogP contribution in [0.15, 0.2) is 29.3 Å². The number of rotatable bonds is 4. The van der Waals surface area contributed by atoms with E-state index in [-0.39, 0.29) is 11.0 Å². The van der Waals surface area contributed by atoms with Gasteiger partial charge in [0.05, 0.1) is 11.2 Å². The Kier molecular flexibility index (Phi) is 4.85. The maximum atomic E-state index is 12.9. The van der Waals surface area contributed by atoms with Crippen LogP contribution in [0.3, 0.4) is 0 Å². The summed E-state index contributed by atoms with van der Waals surface area (Å²) < 4.78 is 8.11. The predicted octanol–water partition coefficient (Wildman–Crippen LogP) is 4.37. The first-order chi connectivity index (χ1) is 12.6. The Labute approximate surface area is 160 Å². The number of hydrogen-bond acceptors (Lipinski definition) is 4. The summed E-state index contributed by atoms with van der Waals surface area (Å²) in [6.45, 7) is 15.1. The molecule has 5 nitrogen and oxygen atoms in total. The van der Waals surface area contributed by atoms with Gasteiger partial charge in [-0.2, -0.15) is 4.98 Å². The van der Waals surface area contributed by atoms with Crippen LogP contribution in [0, 0.1) is 0 Å². The third kappa shape index (κ3) is 3.25. The Morgan fingerprint density at radius 3 is 2.44 bits per heavy atom. The van der Waals surface area contributed by atoms with Crippen molar-refractivity contribution < 1.29 is 4.74 Å². The van der Waals surface area contributed by atoms with Gasteiger partial charge in [0.25, 0.3) is 5.56 Å². The van der Waals surface area contributed by atoms with Crippen LogP contribution >= 0.6 is 0 Å². The lowest BCUT2D eigenvalue weighted by Gasteiger charge is -2.30. The van der Waals surface area contributed by atoms with Crippen molar-refractivity contribution in [1.82, 2.24) is 14.4 Å². The molecule has 3 heterocycles. The average molecular weight is 367 g/mol. The van der Waals surface area contributed by atoms with Gasteiger partial charge in [-0.3, -0.25) is 9.78 Å². The number of aromatic nitrogens is 3. The molecule has 0 fully saturated rings. The molecule has 0 spiro atoms. The molecule has 3 rings (SSSR count). The van der Waals surface area contributed by atoms with Crippen LogP contribution in [-0.4, -0.2) is 21.0 Å². The molecule has 0 amide bonds. The maximum Gasteiger partial charge on any atom is 0.276 e. The van der Waals surface area contributed by atoms with Gasteiger partial charge < -0.3 is 9.14 Å². The van der Waals surface area contributed by atoms with Crippen LogP contribution in [0.4, 0.5) is 0 Å². The summed E-state index contributed by atoms with van der Waals surface area (Å²) in [6, 6.07) is 3.88. The van der Waals surface area contributed by atoms with E-state index in [1.807, 2.05) is 39.8 Å². The van der Waals surface area contributed by atoms with Gasteiger partial charge in [-0.25, -0.2) is 0 Å². The van der Waals surface area contributed by atoms with Crippen LogP contribution in [0.2, 0.25) is 0 Å². The van der Waals surface area contributed by atoms with Crippen molar-refractivity contribution in [2.45, 2.75) is 65.9 Å². The average Bonchev–Trinajstić information content (AvgIpc) is 2.59. The summed E-state index contributed by atoms with van der Waals surface area (Å²) in [6.07, 6.45) is 4.49. The fraction of sp³-hybridized carbons (Fsp3) is 0.500. The molecule has 27 heavy (non-hydrogen) atoms. The minimum absolute atomic E-state index is 0.108. The monoisotopic (exact) mass is 367 g/mol. The second-order valence-electron chi connectivity index (χ2n) is 8.43. The molecule has 0 unspecified atom stereocenters.